The second-order valence-corrected chi connectivity index (χ2v) is 6.25. The highest BCUT2D eigenvalue weighted by atomic mass is 35.5. The molecule has 1 aliphatic heterocycles. The van der Waals surface area contributed by atoms with E-state index in [2.05, 4.69) is 5.32 Å². The zero-order valence-corrected chi connectivity index (χ0v) is 13.9. The second-order valence-electron chi connectivity index (χ2n) is 5.38. The van der Waals surface area contributed by atoms with E-state index in [1.54, 1.807) is 0 Å². The summed E-state index contributed by atoms with van der Waals surface area (Å²) in [6, 6.07) is 14.9. The van der Waals surface area contributed by atoms with Gasteiger partial charge in [-0.1, -0.05) is 47.5 Å². The van der Waals surface area contributed by atoms with Gasteiger partial charge in [0.05, 0.1) is 0 Å². The highest BCUT2D eigenvalue weighted by molar-refractivity contribution is 6.31. The van der Waals surface area contributed by atoms with E-state index in [9.17, 15) is 4.79 Å². The van der Waals surface area contributed by atoms with Crippen LogP contribution in [-0.2, 0) is 4.79 Å². The van der Waals surface area contributed by atoms with Gasteiger partial charge in [0.25, 0.3) is 0 Å². The van der Waals surface area contributed by atoms with Crippen molar-refractivity contribution < 1.29 is 4.79 Å². The van der Waals surface area contributed by atoms with E-state index in [4.69, 9.17) is 23.2 Å². The fourth-order valence-electron chi connectivity index (χ4n) is 2.53. The van der Waals surface area contributed by atoms with Gasteiger partial charge in [0.1, 0.15) is 0 Å². The molecular weight excluding hydrogens is 329 g/mol. The molecule has 4 heteroatoms. The van der Waals surface area contributed by atoms with E-state index in [-0.39, 0.29) is 5.78 Å². The van der Waals surface area contributed by atoms with E-state index in [1.807, 2.05) is 60.7 Å². The molecule has 1 N–H and O–H groups in total. The Bertz CT molecular complexity index is 743. The number of nitrogens with one attached hydrogen (secondary N) is 1. The molecule has 2 nitrogen and oxygen atoms in total. The van der Waals surface area contributed by atoms with E-state index in [0.717, 1.165) is 22.3 Å². The minimum Gasteiger partial charge on any atom is -0.308 e. The number of piperidine rings is 1. The van der Waals surface area contributed by atoms with Crippen molar-refractivity contribution >= 4 is 41.1 Å². The van der Waals surface area contributed by atoms with Gasteiger partial charge in [-0.05, 0) is 47.5 Å². The summed E-state index contributed by atoms with van der Waals surface area (Å²) in [6.45, 7) is 1.11. The molecule has 0 atom stereocenters. The van der Waals surface area contributed by atoms with Gasteiger partial charge in [-0.15, -0.1) is 0 Å². The zero-order valence-electron chi connectivity index (χ0n) is 12.4. The molecule has 1 heterocycles. The SMILES string of the molecule is O=C1C(=Cc2cccc(Cl)c2)CNCC1=Cc1cccc(Cl)c1. The van der Waals surface area contributed by atoms with E-state index in [1.165, 1.54) is 0 Å². The molecule has 0 radical (unpaired) electrons. The normalized spacial score (nSPS) is 18.6. The summed E-state index contributed by atoms with van der Waals surface area (Å²) in [7, 11) is 0. The maximum atomic E-state index is 12.7. The smallest absolute Gasteiger partial charge is 0.187 e. The average Bonchev–Trinajstić information content (AvgIpc) is 2.51. The van der Waals surface area contributed by atoms with Crippen molar-refractivity contribution in [3.05, 3.63) is 80.8 Å². The van der Waals surface area contributed by atoms with Crippen molar-refractivity contribution in [3.8, 4) is 0 Å². The Kier molecular flexibility index (Phi) is 4.97. The van der Waals surface area contributed by atoms with E-state index < -0.39 is 0 Å². The van der Waals surface area contributed by atoms with Crippen LogP contribution in [0.2, 0.25) is 10.0 Å². The summed E-state index contributed by atoms with van der Waals surface area (Å²) in [6.07, 6.45) is 3.76. The lowest BCUT2D eigenvalue weighted by Crippen LogP contribution is -2.32. The lowest BCUT2D eigenvalue weighted by molar-refractivity contribution is -0.112. The molecule has 1 fully saturated rings. The van der Waals surface area contributed by atoms with Crippen molar-refractivity contribution in [3.63, 3.8) is 0 Å². The third-order valence-electron chi connectivity index (χ3n) is 3.59. The predicted molar refractivity (Wildman–Crippen MR) is 96.7 cm³/mol. The molecule has 0 bridgehead atoms. The fourth-order valence-corrected chi connectivity index (χ4v) is 2.92. The molecule has 23 heavy (non-hydrogen) atoms. The Morgan fingerprint density at radius 1 is 0.826 bits per heavy atom. The first-order valence-electron chi connectivity index (χ1n) is 7.29. The fraction of sp³-hybridized carbons (Fsp3) is 0.105. The quantitative estimate of drug-likeness (QED) is 0.805. The van der Waals surface area contributed by atoms with Crippen LogP contribution in [0.4, 0.5) is 0 Å². The first kappa shape index (κ1) is 16.0. The molecule has 2 aromatic carbocycles. The molecule has 116 valence electrons. The van der Waals surface area contributed by atoms with Crippen LogP contribution in [0.1, 0.15) is 11.1 Å². The van der Waals surface area contributed by atoms with Crippen molar-refractivity contribution in [1.82, 2.24) is 5.32 Å². The van der Waals surface area contributed by atoms with E-state index >= 15 is 0 Å². The van der Waals surface area contributed by atoms with Crippen LogP contribution in [-0.4, -0.2) is 18.9 Å². The van der Waals surface area contributed by atoms with Gasteiger partial charge in [-0.25, -0.2) is 0 Å². The summed E-state index contributed by atoms with van der Waals surface area (Å²) in [5.74, 6) is 0.0590. The first-order chi connectivity index (χ1) is 11.1. The molecule has 1 saturated heterocycles. The second kappa shape index (κ2) is 7.14. The molecule has 0 aliphatic carbocycles. The standard InChI is InChI=1S/C19H15Cl2NO/c20-17-5-1-3-13(9-17)7-15-11-22-12-16(19(15)23)8-14-4-2-6-18(21)10-14/h1-10,22H,11-12H2. The van der Waals surface area contributed by atoms with Crippen LogP contribution < -0.4 is 5.32 Å². The van der Waals surface area contributed by atoms with Crippen molar-refractivity contribution in [1.29, 1.82) is 0 Å². The minimum atomic E-state index is 0.0590. The molecule has 1 aliphatic rings. The monoisotopic (exact) mass is 343 g/mol. The van der Waals surface area contributed by atoms with Crippen LogP contribution >= 0.6 is 23.2 Å². The van der Waals surface area contributed by atoms with Crippen LogP contribution in [0, 0.1) is 0 Å². The van der Waals surface area contributed by atoms with Gasteiger partial charge >= 0.3 is 0 Å². The third-order valence-corrected chi connectivity index (χ3v) is 4.06. The lowest BCUT2D eigenvalue weighted by Gasteiger charge is -2.18. The summed E-state index contributed by atoms with van der Waals surface area (Å²) in [5.41, 5.74) is 3.30. The predicted octanol–water partition coefficient (Wildman–Crippen LogP) is 4.63. The molecule has 2 aromatic rings. The highest BCUT2D eigenvalue weighted by Gasteiger charge is 2.20. The number of hydrogen-bond acceptors (Lipinski definition) is 2. The summed E-state index contributed by atoms with van der Waals surface area (Å²) in [5, 5.41) is 4.58. The Balaban J connectivity index is 1.89. The first-order valence-corrected chi connectivity index (χ1v) is 8.05. The van der Waals surface area contributed by atoms with Crippen molar-refractivity contribution in [2.75, 3.05) is 13.1 Å². The Morgan fingerprint density at radius 3 is 1.74 bits per heavy atom. The number of ketones is 1. The number of benzene rings is 2. The topological polar surface area (TPSA) is 29.1 Å². The summed E-state index contributed by atoms with van der Waals surface area (Å²) >= 11 is 12.0. The van der Waals surface area contributed by atoms with Gasteiger partial charge in [0.15, 0.2) is 5.78 Å². The third kappa shape index (κ3) is 4.11. The Morgan fingerprint density at radius 2 is 1.30 bits per heavy atom. The number of hydrogen-bond donors (Lipinski definition) is 1. The van der Waals surface area contributed by atoms with Crippen LogP contribution in [0.25, 0.3) is 12.2 Å². The Labute approximate surface area is 145 Å². The molecular formula is C19H15Cl2NO. The number of halogens is 2. The number of carbonyl (C=O) groups excluding carboxylic acids is 1. The molecule has 0 unspecified atom stereocenters. The number of Topliss-reactive ketones (excluding diaryl/α,β-unsaturated/α-hetero) is 1. The minimum absolute atomic E-state index is 0.0590. The highest BCUT2D eigenvalue weighted by Crippen LogP contribution is 2.20. The van der Waals surface area contributed by atoms with Crippen LogP contribution in [0.5, 0.6) is 0 Å². The zero-order chi connectivity index (χ0) is 16.2. The lowest BCUT2D eigenvalue weighted by atomic mass is 9.95. The number of rotatable bonds is 2. The van der Waals surface area contributed by atoms with Gasteiger partial charge in [-0.2, -0.15) is 0 Å². The summed E-state index contributed by atoms with van der Waals surface area (Å²) < 4.78 is 0. The summed E-state index contributed by atoms with van der Waals surface area (Å²) in [4.78, 5) is 12.7. The molecule has 0 amide bonds. The molecule has 3 rings (SSSR count). The van der Waals surface area contributed by atoms with E-state index in [0.29, 0.717) is 23.1 Å². The van der Waals surface area contributed by atoms with Crippen LogP contribution in [0.15, 0.2) is 59.7 Å². The van der Waals surface area contributed by atoms with Crippen LogP contribution in [0.3, 0.4) is 0 Å². The van der Waals surface area contributed by atoms with Crippen molar-refractivity contribution in [2.24, 2.45) is 0 Å². The largest absolute Gasteiger partial charge is 0.308 e. The Hall–Kier alpha value is -1.87. The molecule has 0 saturated carbocycles. The van der Waals surface area contributed by atoms with Gasteiger partial charge < -0.3 is 5.32 Å². The van der Waals surface area contributed by atoms with Gasteiger partial charge in [0.2, 0.25) is 0 Å². The molecule has 0 spiro atoms. The van der Waals surface area contributed by atoms with Gasteiger partial charge in [-0.3, -0.25) is 4.79 Å². The van der Waals surface area contributed by atoms with Crippen molar-refractivity contribution in [2.45, 2.75) is 0 Å². The maximum Gasteiger partial charge on any atom is 0.187 e. The molecule has 0 aromatic heterocycles. The average molecular weight is 344 g/mol. The maximum absolute atomic E-state index is 12.7. The number of carbonyl (C=O) groups is 1. The van der Waals surface area contributed by atoms with Gasteiger partial charge in [0, 0.05) is 34.3 Å².